The van der Waals surface area contributed by atoms with Gasteiger partial charge in [-0.3, -0.25) is 0 Å². The maximum Gasteiger partial charge on any atom is 0.174 e. The van der Waals surface area contributed by atoms with E-state index in [0.29, 0.717) is 17.4 Å². The number of hydrogen-bond donors (Lipinski definition) is 1. The molecular weight excluding hydrogens is 255 g/mol. The first-order valence-corrected chi connectivity index (χ1v) is 6.25. The Kier molecular flexibility index (Phi) is 3.92. The van der Waals surface area contributed by atoms with Gasteiger partial charge in [0.15, 0.2) is 11.6 Å². The molecule has 96 valence electrons. The van der Waals surface area contributed by atoms with E-state index in [4.69, 9.17) is 16.3 Å². The highest BCUT2D eigenvalue weighted by atomic mass is 35.5. The van der Waals surface area contributed by atoms with E-state index in [-0.39, 0.29) is 16.5 Å². The highest BCUT2D eigenvalue weighted by Gasteiger charge is 2.15. The third-order valence-electron chi connectivity index (χ3n) is 2.75. The second-order valence-corrected chi connectivity index (χ2v) is 4.48. The van der Waals surface area contributed by atoms with Gasteiger partial charge in [-0.1, -0.05) is 37.1 Å². The van der Waals surface area contributed by atoms with Crippen LogP contribution in [0.1, 0.15) is 19.8 Å². The minimum Gasteiger partial charge on any atom is -0.507 e. The summed E-state index contributed by atoms with van der Waals surface area (Å²) in [5.74, 6) is -0.457. The maximum atomic E-state index is 14.2. The third-order valence-corrected chi connectivity index (χ3v) is 3.03. The number of phenolic OH excluding ortho intramolecular Hbond substituents is 1. The molecule has 0 saturated carbocycles. The van der Waals surface area contributed by atoms with Gasteiger partial charge in [-0.15, -0.1) is 0 Å². The molecule has 0 saturated heterocycles. The number of hydrogen-bond acceptors (Lipinski definition) is 2. The van der Waals surface area contributed by atoms with Gasteiger partial charge in [-0.05, 0) is 18.6 Å². The number of benzene rings is 2. The molecule has 0 atom stereocenters. The Morgan fingerprint density at radius 3 is 2.83 bits per heavy atom. The number of aromatic hydroxyl groups is 1. The van der Waals surface area contributed by atoms with Gasteiger partial charge < -0.3 is 9.84 Å². The zero-order valence-electron chi connectivity index (χ0n) is 10.0. The van der Waals surface area contributed by atoms with Crippen LogP contribution in [0.15, 0.2) is 24.3 Å². The van der Waals surface area contributed by atoms with Crippen molar-refractivity contribution >= 4 is 22.4 Å². The van der Waals surface area contributed by atoms with Crippen LogP contribution < -0.4 is 4.74 Å². The van der Waals surface area contributed by atoms with Gasteiger partial charge in [0.2, 0.25) is 0 Å². The third kappa shape index (κ3) is 2.36. The maximum absolute atomic E-state index is 14.2. The SMILES string of the molecule is CCCCOc1c(Cl)cc2c(O)cccc2c1F. The van der Waals surface area contributed by atoms with Gasteiger partial charge in [0.25, 0.3) is 0 Å². The second kappa shape index (κ2) is 5.44. The molecule has 0 spiro atoms. The van der Waals surface area contributed by atoms with Gasteiger partial charge in [0, 0.05) is 10.8 Å². The smallest absolute Gasteiger partial charge is 0.174 e. The van der Waals surface area contributed by atoms with Crippen LogP contribution in [0.5, 0.6) is 11.5 Å². The van der Waals surface area contributed by atoms with E-state index in [2.05, 4.69) is 0 Å². The number of fused-ring (bicyclic) bond motifs is 1. The number of ether oxygens (including phenoxy) is 1. The standard InChI is InChI=1S/C14H14ClFO2/c1-2-3-7-18-14-11(15)8-10-9(13(14)16)5-4-6-12(10)17/h4-6,8,17H,2-3,7H2,1H3. The zero-order valence-corrected chi connectivity index (χ0v) is 10.8. The summed E-state index contributed by atoms with van der Waals surface area (Å²) in [5, 5.41) is 10.5. The lowest BCUT2D eigenvalue weighted by molar-refractivity contribution is 0.295. The van der Waals surface area contributed by atoms with Crippen molar-refractivity contribution in [3.8, 4) is 11.5 Å². The average Bonchev–Trinajstić information content (AvgIpc) is 2.35. The molecular formula is C14H14ClFO2. The fourth-order valence-electron chi connectivity index (χ4n) is 1.77. The zero-order chi connectivity index (χ0) is 13.1. The summed E-state index contributed by atoms with van der Waals surface area (Å²) in [4.78, 5) is 0. The molecule has 2 nitrogen and oxygen atoms in total. The first kappa shape index (κ1) is 13.0. The van der Waals surface area contributed by atoms with Gasteiger partial charge >= 0.3 is 0 Å². The van der Waals surface area contributed by atoms with Crippen molar-refractivity contribution in [1.82, 2.24) is 0 Å². The Morgan fingerprint density at radius 2 is 2.11 bits per heavy atom. The molecule has 2 rings (SSSR count). The number of phenols is 1. The van der Waals surface area contributed by atoms with Gasteiger partial charge in [-0.25, -0.2) is 4.39 Å². The summed E-state index contributed by atoms with van der Waals surface area (Å²) in [6, 6.07) is 6.20. The normalized spacial score (nSPS) is 10.8. The first-order chi connectivity index (χ1) is 8.65. The van der Waals surface area contributed by atoms with Crippen LogP contribution in [0.3, 0.4) is 0 Å². The van der Waals surface area contributed by atoms with Crippen LogP contribution in [0.4, 0.5) is 4.39 Å². The van der Waals surface area contributed by atoms with Crippen molar-refractivity contribution < 1.29 is 14.2 Å². The van der Waals surface area contributed by atoms with Crippen LogP contribution in [-0.4, -0.2) is 11.7 Å². The fourth-order valence-corrected chi connectivity index (χ4v) is 2.01. The summed E-state index contributed by atoms with van der Waals surface area (Å²) in [6.45, 7) is 2.46. The lowest BCUT2D eigenvalue weighted by atomic mass is 10.1. The van der Waals surface area contributed by atoms with E-state index in [9.17, 15) is 9.50 Å². The van der Waals surface area contributed by atoms with Crippen molar-refractivity contribution in [2.45, 2.75) is 19.8 Å². The van der Waals surface area contributed by atoms with Gasteiger partial charge in [-0.2, -0.15) is 0 Å². The van der Waals surface area contributed by atoms with Crippen molar-refractivity contribution in [2.24, 2.45) is 0 Å². The first-order valence-electron chi connectivity index (χ1n) is 5.87. The number of halogens is 2. The number of unbranched alkanes of at least 4 members (excludes halogenated alkanes) is 1. The fraction of sp³-hybridized carbons (Fsp3) is 0.286. The van der Waals surface area contributed by atoms with E-state index < -0.39 is 5.82 Å². The van der Waals surface area contributed by atoms with Gasteiger partial charge in [0.1, 0.15) is 5.75 Å². The van der Waals surface area contributed by atoms with E-state index in [1.807, 2.05) is 6.92 Å². The summed E-state index contributed by atoms with van der Waals surface area (Å²) in [7, 11) is 0. The van der Waals surface area contributed by atoms with Crippen LogP contribution in [0, 0.1) is 5.82 Å². The average molecular weight is 269 g/mol. The molecule has 0 amide bonds. The molecule has 0 fully saturated rings. The molecule has 0 aliphatic heterocycles. The summed E-state index contributed by atoms with van der Waals surface area (Å²) in [5.41, 5.74) is 0. The Hall–Kier alpha value is -1.48. The highest BCUT2D eigenvalue weighted by molar-refractivity contribution is 6.33. The quantitative estimate of drug-likeness (QED) is 0.827. The second-order valence-electron chi connectivity index (χ2n) is 4.08. The molecule has 2 aromatic carbocycles. The van der Waals surface area contributed by atoms with Crippen molar-refractivity contribution in [3.05, 3.63) is 35.1 Å². The molecule has 4 heteroatoms. The molecule has 1 N–H and O–H groups in total. The largest absolute Gasteiger partial charge is 0.507 e. The molecule has 0 aromatic heterocycles. The topological polar surface area (TPSA) is 29.5 Å². The Bertz CT molecular complexity index is 569. The molecule has 0 aliphatic rings. The summed E-state index contributed by atoms with van der Waals surface area (Å²) >= 11 is 5.98. The van der Waals surface area contributed by atoms with Crippen molar-refractivity contribution in [3.63, 3.8) is 0 Å². The lowest BCUT2D eigenvalue weighted by Gasteiger charge is -2.11. The van der Waals surface area contributed by atoms with Crippen LogP contribution in [-0.2, 0) is 0 Å². The number of rotatable bonds is 4. The minimum absolute atomic E-state index is 0.00779. The van der Waals surface area contributed by atoms with E-state index in [0.717, 1.165) is 12.8 Å². The Balaban J connectivity index is 2.48. The van der Waals surface area contributed by atoms with E-state index in [1.165, 1.54) is 12.1 Å². The molecule has 0 heterocycles. The van der Waals surface area contributed by atoms with E-state index in [1.54, 1.807) is 12.1 Å². The Labute approximate surface area is 110 Å². The highest BCUT2D eigenvalue weighted by Crippen LogP contribution is 2.37. The molecule has 2 aromatic rings. The van der Waals surface area contributed by atoms with E-state index >= 15 is 0 Å². The summed E-state index contributed by atoms with van der Waals surface area (Å²) in [6.07, 6.45) is 1.81. The Morgan fingerprint density at radius 1 is 1.33 bits per heavy atom. The molecule has 0 radical (unpaired) electrons. The molecule has 0 aliphatic carbocycles. The molecule has 0 unspecified atom stereocenters. The monoisotopic (exact) mass is 268 g/mol. The predicted octanol–water partition coefficient (Wildman–Crippen LogP) is 4.52. The lowest BCUT2D eigenvalue weighted by Crippen LogP contribution is -2.00. The predicted molar refractivity (Wildman–Crippen MR) is 71.0 cm³/mol. The van der Waals surface area contributed by atoms with Gasteiger partial charge in [0.05, 0.1) is 11.6 Å². The van der Waals surface area contributed by atoms with Crippen LogP contribution in [0.2, 0.25) is 5.02 Å². The molecule has 18 heavy (non-hydrogen) atoms. The van der Waals surface area contributed by atoms with Crippen molar-refractivity contribution in [1.29, 1.82) is 0 Å². The summed E-state index contributed by atoms with van der Waals surface area (Å²) < 4.78 is 19.6. The van der Waals surface area contributed by atoms with Crippen molar-refractivity contribution in [2.75, 3.05) is 6.61 Å². The minimum atomic E-state index is -0.524. The van der Waals surface area contributed by atoms with Crippen LogP contribution >= 0.6 is 11.6 Å². The molecule has 0 bridgehead atoms. The van der Waals surface area contributed by atoms with Crippen LogP contribution in [0.25, 0.3) is 10.8 Å².